The zero-order chi connectivity index (χ0) is 23.0. The number of H-pyrrole nitrogens is 1. The molecule has 0 bridgehead atoms. The van der Waals surface area contributed by atoms with Gasteiger partial charge in [-0.05, 0) is 42.8 Å². The van der Waals surface area contributed by atoms with E-state index in [-0.39, 0.29) is 13.2 Å². The minimum Gasteiger partial charge on any atom is -0.463 e. The molecule has 10 heteroatoms. The van der Waals surface area contributed by atoms with Crippen LogP contribution in [0.2, 0.25) is 0 Å². The molecule has 170 valence electrons. The average molecular weight is 447 g/mol. The van der Waals surface area contributed by atoms with Crippen molar-refractivity contribution in [2.24, 2.45) is 0 Å². The lowest BCUT2D eigenvalue weighted by Gasteiger charge is -2.24. The van der Waals surface area contributed by atoms with Crippen molar-refractivity contribution in [3.8, 4) is 0 Å². The van der Waals surface area contributed by atoms with E-state index in [0.29, 0.717) is 31.2 Å². The number of aliphatic hydroxyl groups excluding tert-OH is 1. The minimum atomic E-state index is 0.0670. The van der Waals surface area contributed by atoms with Gasteiger partial charge < -0.3 is 25.4 Å². The summed E-state index contributed by atoms with van der Waals surface area (Å²) in [5, 5.41) is 23.8. The number of carbonyl (C=O) groups excluding carboxylic acids is 1. The number of aromatic nitrogens is 4. The standard InChI is InChI=1S/C23H25N7O3/c1-24-19-7-6-17(12-16(19)14-33-15-32)27-23-25-9-8-22(28-23)30(10-3-11-31)21-5-2-4-20-18(21)13-26-29-20/h2,4-9,12-13,15,24,31H,3,10-11,14H2,1H3,(H,26,29)(H,25,27,28). The van der Waals surface area contributed by atoms with Crippen LogP contribution < -0.4 is 15.5 Å². The number of anilines is 5. The van der Waals surface area contributed by atoms with Crippen LogP contribution in [-0.2, 0) is 16.1 Å². The Morgan fingerprint density at radius 3 is 2.97 bits per heavy atom. The fourth-order valence-corrected chi connectivity index (χ4v) is 3.62. The summed E-state index contributed by atoms with van der Waals surface area (Å²) in [4.78, 5) is 21.7. The molecular formula is C23H25N7O3. The van der Waals surface area contributed by atoms with E-state index in [1.54, 1.807) is 19.4 Å². The summed E-state index contributed by atoms with van der Waals surface area (Å²) in [6.45, 7) is 1.21. The third-order valence-corrected chi connectivity index (χ3v) is 5.15. The zero-order valence-electron chi connectivity index (χ0n) is 18.2. The molecule has 0 spiro atoms. The first-order valence-electron chi connectivity index (χ1n) is 10.5. The van der Waals surface area contributed by atoms with Gasteiger partial charge in [-0.15, -0.1) is 0 Å². The van der Waals surface area contributed by atoms with Crippen molar-refractivity contribution >= 4 is 46.2 Å². The van der Waals surface area contributed by atoms with Gasteiger partial charge in [0.1, 0.15) is 12.4 Å². The second kappa shape index (κ2) is 10.4. The summed E-state index contributed by atoms with van der Waals surface area (Å²) >= 11 is 0. The second-order valence-corrected chi connectivity index (χ2v) is 7.23. The van der Waals surface area contributed by atoms with E-state index in [9.17, 15) is 9.90 Å². The van der Waals surface area contributed by atoms with Crippen LogP contribution in [0.3, 0.4) is 0 Å². The Hall–Kier alpha value is -4.18. The maximum absolute atomic E-state index is 10.6. The van der Waals surface area contributed by atoms with Gasteiger partial charge in [0.25, 0.3) is 6.47 Å². The summed E-state index contributed by atoms with van der Waals surface area (Å²) in [6, 6.07) is 13.4. The van der Waals surface area contributed by atoms with Crippen LogP contribution >= 0.6 is 0 Å². The smallest absolute Gasteiger partial charge is 0.293 e. The zero-order valence-corrected chi connectivity index (χ0v) is 18.2. The summed E-state index contributed by atoms with van der Waals surface area (Å²) < 4.78 is 4.92. The molecule has 2 heterocycles. The van der Waals surface area contributed by atoms with Crippen molar-refractivity contribution in [2.45, 2.75) is 13.0 Å². The molecule has 0 atom stereocenters. The fourth-order valence-electron chi connectivity index (χ4n) is 3.62. The number of hydrogen-bond donors (Lipinski definition) is 4. The monoisotopic (exact) mass is 447 g/mol. The van der Waals surface area contributed by atoms with E-state index < -0.39 is 0 Å². The summed E-state index contributed by atoms with van der Waals surface area (Å²) in [5.41, 5.74) is 4.30. The number of rotatable bonds is 11. The third-order valence-electron chi connectivity index (χ3n) is 5.15. The molecule has 4 aromatic rings. The molecule has 10 nitrogen and oxygen atoms in total. The third kappa shape index (κ3) is 5.01. The lowest BCUT2D eigenvalue weighted by Crippen LogP contribution is -2.21. The van der Waals surface area contributed by atoms with Gasteiger partial charge in [0.15, 0.2) is 0 Å². The van der Waals surface area contributed by atoms with E-state index >= 15 is 0 Å². The molecule has 4 rings (SSSR count). The SMILES string of the molecule is CNc1ccc(Nc2nccc(N(CCCO)c3cccc4[nH]ncc34)n2)cc1COC=O. The number of fused-ring (bicyclic) bond motifs is 1. The lowest BCUT2D eigenvalue weighted by atomic mass is 10.1. The number of carbonyl (C=O) groups is 1. The van der Waals surface area contributed by atoms with Gasteiger partial charge in [0.05, 0.1) is 17.4 Å². The van der Waals surface area contributed by atoms with Crippen molar-refractivity contribution in [3.63, 3.8) is 0 Å². The highest BCUT2D eigenvalue weighted by Crippen LogP contribution is 2.31. The van der Waals surface area contributed by atoms with E-state index in [4.69, 9.17) is 9.72 Å². The molecule has 0 saturated heterocycles. The van der Waals surface area contributed by atoms with Crippen LogP contribution in [0.25, 0.3) is 10.9 Å². The molecule has 0 amide bonds. The van der Waals surface area contributed by atoms with E-state index in [1.165, 1.54) is 0 Å². The summed E-state index contributed by atoms with van der Waals surface area (Å²) in [6.07, 6.45) is 4.04. The number of aliphatic hydroxyl groups is 1. The maximum Gasteiger partial charge on any atom is 0.293 e. The van der Waals surface area contributed by atoms with Crippen LogP contribution in [0.1, 0.15) is 12.0 Å². The molecular weight excluding hydrogens is 422 g/mol. The number of benzene rings is 2. The predicted molar refractivity (Wildman–Crippen MR) is 127 cm³/mol. The van der Waals surface area contributed by atoms with Crippen LogP contribution in [0.5, 0.6) is 0 Å². The van der Waals surface area contributed by atoms with E-state index in [0.717, 1.165) is 33.5 Å². The highest BCUT2D eigenvalue weighted by Gasteiger charge is 2.15. The Morgan fingerprint density at radius 2 is 2.15 bits per heavy atom. The maximum atomic E-state index is 10.6. The molecule has 2 aromatic carbocycles. The Balaban J connectivity index is 1.64. The first-order valence-corrected chi connectivity index (χ1v) is 10.5. The average Bonchev–Trinajstić information content (AvgIpc) is 3.33. The summed E-state index contributed by atoms with van der Waals surface area (Å²) in [7, 11) is 1.81. The van der Waals surface area contributed by atoms with Crippen molar-refractivity contribution in [1.82, 2.24) is 20.2 Å². The Kier molecular flexibility index (Phi) is 6.96. The summed E-state index contributed by atoms with van der Waals surface area (Å²) in [5.74, 6) is 1.10. The normalized spacial score (nSPS) is 10.7. The first kappa shape index (κ1) is 22.0. The number of nitrogens with zero attached hydrogens (tertiary/aromatic N) is 4. The lowest BCUT2D eigenvalue weighted by molar-refractivity contribution is -0.129. The molecule has 33 heavy (non-hydrogen) atoms. The van der Waals surface area contributed by atoms with Crippen LogP contribution in [0, 0.1) is 0 Å². The Bertz CT molecular complexity index is 1230. The van der Waals surface area contributed by atoms with Gasteiger partial charge in [-0.25, -0.2) is 4.98 Å². The Labute approximate surface area is 190 Å². The molecule has 0 aliphatic rings. The van der Waals surface area contributed by atoms with Crippen molar-refractivity contribution in [1.29, 1.82) is 0 Å². The largest absolute Gasteiger partial charge is 0.463 e. The van der Waals surface area contributed by atoms with E-state index in [1.807, 2.05) is 47.4 Å². The fraction of sp³-hybridized carbons (Fsp3) is 0.217. The van der Waals surface area contributed by atoms with Gasteiger partial charge >= 0.3 is 0 Å². The van der Waals surface area contributed by atoms with Crippen LogP contribution in [0.15, 0.2) is 54.9 Å². The molecule has 0 unspecified atom stereocenters. The van der Waals surface area contributed by atoms with Crippen molar-refractivity contribution in [2.75, 3.05) is 35.7 Å². The minimum absolute atomic E-state index is 0.0670. The topological polar surface area (TPSA) is 128 Å². The number of aromatic amines is 1. The first-order chi connectivity index (χ1) is 16.2. The van der Waals surface area contributed by atoms with Crippen molar-refractivity contribution in [3.05, 3.63) is 60.4 Å². The number of ether oxygens (including phenoxy) is 1. The molecule has 4 N–H and O–H groups in total. The van der Waals surface area contributed by atoms with Gasteiger partial charge in [-0.3, -0.25) is 9.89 Å². The van der Waals surface area contributed by atoms with Gasteiger partial charge in [0, 0.05) is 48.7 Å². The molecule has 2 aromatic heterocycles. The van der Waals surface area contributed by atoms with Gasteiger partial charge in [0.2, 0.25) is 5.95 Å². The highest BCUT2D eigenvalue weighted by molar-refractivity contribution is 5.93. The molecule has 0 aliphatic heterocycles. The highest BCUT2D eigenvalue weighted by atomic mass is 16.5. The molecule has 0 radical (unpaired) electrons. The van der Waals surface area contributed by atoms with Crippen LogP contribution in [0.4, 0.5) is 28.8 Å². The quantitative estimate of drug-likeness (QED) is 0.256. The molecule has 0 fully saturated rings. The number of hydrogen-bond acceptors (Lipinski definition) is 9. The molecule has 0 saturated carbocycles. The van der Waals surface area contributed by atoms with Gasteiger partial charge in [-0.2, -0.15) is 10.1 Å². The van der Waals surface area contributed by atoms with E-state index in [2.05, 4.69) is 25.8 Å². The van der Waals surface area contributed by atoms with Crippen molar-refractivity contribution < 1.29 is 14.6 Å². The van der Waals surface area contributed by atoms with Crippen LogP contribution in [-0.4, -0.2) is 51.9 Å². The second-order valence-electron chi connectivity index (χ2n) is 7.23. The predicted octanol–water partition coefficient (Wildman–Crippen LogP) is 3.33. The Morgan fingerprint density at radius 1 is 1.24 bits per heavy atom. The number of nitrogens with one attached hydrogen (secondary N) is 3. The van der Waals surface area contributed by atoms with Gasteiger partial charge in [-0.1, -0.05) is 6.07 Å². The molecule has 0 aliphatic carbocycles.